The summed E-state index contributed by atoms with van der Waals surface area (Å²) < 4.78 is 5.02. The molecule has 286 valence electrons. The lowest BCUT2D eigenvalue weighted by Crippen LogP contribution is -2.37. The van der Waals surface area contributed by atoms with E-state index in [-0.39, 0.29) is 6.17 Å². The third-order valence-electron chi connectivity index (χ3n) is 13.6. The second kappa shape index (κ2) is 12.3. The molecule has 2 unspecified atom stereocenters. The lowest BCUT2D eigenvalue weighted by atomic mass is 9.62. The van der Waals surface area contributed by atoms with Crippen LogP contribution in [0.15, 0.2) is 216 Å². The van der Waals surface area contributed by atoms with Crippen molar-refractivity contribution in [3.63, 3.8) is 0 Å². The van der Waals surface area contributed by atoms with E-state index in [9.17, 15) is 0 Å². The molecule has 14 rings (SSSR count). The zero-order valence-corrected chi connectivity index (χ0v) is 33.8. The maximum Gasteiger partial charge on any atom is 0.130 e. The molecule has 3 aliphatic rings. The molecule has 61 heavy (non-hydrogen) atoms. The first-order valence-corrected chi connectivity index (χ1v) is 21.9. The van der Waals surface area contributed by atoms with Crippen LogP contribution in [0.2, 0.25) is 0 Å². The van der Waals surface area contributed by atoms with Gasteiger partial charge in [0.15, 0.2) is 0 Å². The molecule has 0 fully saturated rings. The smallest absolute Gasteiger partial charge is 0.130 e. The summed E-state index contributed by atoms with van der Waals surface area (Å²) in [7, 11) is 0. The highest BCUT2D eigenvalue weighted by Crippen LogP contribution is 2.61. The van der Waals surface area contributed by atoms with Crippen molar-refractivity contribution in [2.75, 3.05) is 10.2 Å². The first-order chi connectivity index (χ1) is 30.3. The number of anilines is 3. The molecule has 1 N–H and O–H groups in total. The SMILES string of the molecule is c1ccc(N2c3ccccc3NC2c2ccc(-n3c4ccccc4c4cc5c(cc43)C3(c4ccccc4S5)c4ccccc4-n4c5ccccc5c5cccc3c54)cc2)cc1. The second-order valence-corrected chi connectivity index (χ2v) is 17.6. The van der Waals surface area contributed by atoms with Gasteiger partial charge in [0.05, 0.1) is 44.5 Å². The Balaban J connectivity index is 1.02. The van der Waals surface area contributed by atoms with Crippen molar-refractivity contribution in [3.05, 3.63) is 234 Å². The fourth-order valence-corrected chi connectivity index (χ4v) is 12.3. The van der Waals surface area contributed by atoms with Gasteiger partial charge in [0.1, 0.15) is 6.17 Å². The number of para-hydroxylation sites is 7. The number of fused-ring (bicyclic) bond motifs is 15. The highest BCUT2D eigenvalue weighted by Gasteiger charge is 2.49. The number of aromatic nitrogens is 2. The van der Waals surface area contributed by atoms with Crippen molar-refractivity contribution >= 4 is 72.4 Å². The largest absolute Gasteiger partial charge is 0.359 e. The minimum atomic E-state index is -0.555. The van der Waals surface area contributed by atoms with Crippen LogP contribution in [0.1, 0.15) is 34.0 Å². The topological polar surface area (TPSA) is 25.1 Å². The van der Waals surface area contributed by atoms with Gasteiger partial charge in [-0.15, -0.1) is 0 Å². The molecule has 1 spiro atoms. The number of hydrogen-bond acceptors (Lipinski definition) is 3. The second-order valence-electron chi connectivity index (χ2n) is 16.5. The molecule has 3 aliphatic heterocycles. The number of rotatable bonds is 3. The quantitative estimate of drug-likeness (QED) is 0.193. The van der Waals surface area contributed by atoms with Gasteiger partial charge in [-0.3, -0.25) is 0 Å². The number of hydrogen-bond donors (Lipinski definition) is 1. The molecule has 0 saturated heterocycles. The molecule has 0 bridgehead atoms. The molecule has 0 amide bonds. The fraction of sp³-hybridized carbons (Fsp3) is 0.0357. The summed E-state index contributed by atoms with van der Waals surface area (Å²) in [6, 6.07) is 76.7. The predicted octanol–water partition coefficient (Wildman–Crippen LogP) is 14.3. The number of nitrogens with zero attached hydrogens (tertiary/aromatic N) is 3. The molecule has 0 aliphatic carbocycles. The number of nitrogens with one attached hydrogen (secondary N) is 1. The summed E-state index contributed by atoms with van der Waals surface area (Å²) in [4.78, 5) is 5.01. The molecule has 5 heteroatoms. The monoisotopic (exact) mass is 796 g/mol. The highest BCUT2D eigenvalue weighted by molar-refractivity contribution is 7.99. The molecule has 9 aromatic carbocycles. The van der Waals surface area contributed by atoms with Gasteiger partial charge < -0.3 is 19.4 Å². The van der Waals surface area contributed by atoms with Crippen molar-refractivity contribution in [3.8, 4) is 11.4 Å². The Bertz CT molecular complexity index is 3620. The van der Waals surface area contributed by atoms with Gasteiger partial charge in [0.2, 0.25) is 0 Å². The summed E-state index contributed by atoms with van der Waals surface area (Å²) in [6.07, 6.45) is -0.0411. The molecule has 11 aromatic rings. The van der Waals surface area contributed by atoms with Crippen LogP contribution in [0.4, 0.5) is 17.1 Å². The van der Waals surface area contributed by atoms with Crippen LogP contribution in [-0.4, -0.2) is 9.13 Å². The normalized spacial score (nSPS) is 17.1. The van der Waals surface area contributed by atoms with E-state index >= 15 is 0 Å². The van der Waals surface area contributed by atoms with E-state index in [0.29, 0.717) is 0 Å². The molecular weight excluding hydrogens is 761 g/mol. The standard InChI is InChI=1S/C56H36N4S/c1-2-15-36(16-3-1)59-50-27-12-8-23-46(50)57-55(59)35-29-31-37(32-30-35)58-47-24-9-5-18-39(47)41-33-53-45(34-51(41)58)56(43-21-7-13-28-52(43)61-53)42-20-6-11-26-49(42)60-48-25-10-4-17-38(48)40-19-14-22-44(56)54(40)60/h1-34,55,57H. The van der Waals surface area contributed by atoms with E-state index in [0.717, 1.165) is 17.1 Å². The van der Waals surface area contributed by atoms with Crippen LogP contribution in [-0.2, 0) is 5.41 Å². The van der Waals surface area contributed by atoms with Crippen LogP contribution in [0.5, 0.6) is 0 Å². The highest BCUT2D eigenvalue weighted by atomic mass is 32.2. The predicted molar refractivity (Wildman–Crippen MR) is 252 cm³/mol. The van der Waals surface area contributed by atoms with Crippen LogP contribution in [0.25, 0.3) is 55.0 Å². The Morgan fingerprint density at radius 3 is 1.89 bits per heavy atom. The van der Waals surface area contributed by atoms with Gasteiger partial charge in [-0.05, 0) is 101 Å². The summed E-state index contributed by atoms with van der Waals surface area (Å²) in [5.74, 6) is 0. The van der Waals surface area contributed by atoms with E-state index in [1.165, 1.54) is 92.6 Å². The van der Waals surface area contributed by atoms with Crippen LogP contribution < -0.4 is 10.2 Å². The Kier molecular flexibility index (Phi) is 6.72. The molecule has 4 nitrogen and oxygen atoms in total. The van der Waals surface area contributed by atoms with Crippen molar-refractivity contribution in [1.82, 2.24) is 9.13 Å². The van der Waals surface area contributed by atoms with Gasteiger partial charge in [0, 0.05) is 42.7 Å². The van der Waals surface area contributed by atoms with Gasteiger partial charge >= 0.3 is 0 Å². The van der Waals surface area contributed by atoms with Gasteiger partial charge in [-0.25, -0.2) is 0 Å². The van der Waals surface area contributed by atoms with Crippen molar-refractivity contribution in [2.45, 2.75) is 21.4 Å². The first-order valence-electron chi connectivity index (χ1n) is 21.1. The molecule has 5 heterocycles. The Labute approximate surface area is 356 Å². The third kappa shape index (κ3) is 4.35. The average Bonchev–Trinajstić information content (AvgIpc) is 3.99. The third-order valence-corrected chi connectivity index (χ3v) is 14.7. The van der Waals surface area contributed by atoms with E-state index in [1.54, 1.807) is 0 Å². The zero-order chi connectivity index (χ0) is 39.8. The molecule has 2 aromatic heterocycles. The molecule has 0 saturated carbocycles. The molecule has 0 radical (unpaired) electrons. The Morgan fingerprint density at radius 2 is 1.05 bits per heavy atom. The number of benzene rings is 9. The van der Waals surface area contributed by atoms with Crippen molar-refractivity contribution in [2.24, 2.45) is 0 Å². The Morgan fingerprint density at radius 1 is 0.410 bits per heavy atom. The van der Waals surface area contributed by atoms with E-state index < -0.39 is 5.41 Å². The van der Waals surface area contributed by atoms with E-state index in [2.05, 4.69) is 226 Å². The maximum absolute atomic E-state index is 3.84. The van der Waals surface area contributed by atoms with Crippen LogP contribution in [0, 0.1) is 0 Å². The first kappa shape index (κ1) is 33.4. The fourth-order valence-electron chi connectivity index (χ4n) is 11.1. The summed E-state index contributed by atoms with van der Waals surface area (Å²) >= 11 is 1.91. The average molecular weight is 797 g/mol. The molecule has 2 atom stereocenters. The van der Waals surface area contributed by atoms with Gasteiger partial charge in [-0.2, -0.15) is 0 Å². The van der Waals surface area contributed by atoms with Gasteiger partial charge in [0.25, 0.3) is 0 Å². The summed E-state index contributed by atoms with van der Waals surface area (Å²) in [6.45, 7) is 0. The maximum atomic E-state index is 3.84. The lowest BCUT2D eigenvalue weighted by molar-refractivity contribution is 0.690. The summed E-state index contributed by atoms with van der Waals surface area (Å²) in [5, 5.41) is 8.93. The van der Waals surface area contributed by atoms with Crippen LogP contribution >= 0.6 is 11.8 Å². The zero-order valence-electron chi connectivity index (χ0n) is 33.0. The van der Waals surface area contributed by atoms with Crippen LogP contribution in [0.3, 0.4) is 0 Å². The lowest BCUT2D eigenvalue weighted by Gasteiger charge is -2.45. The van der Waals surface area contributed by atoms with Crippen molar-refractivity contribution in [1.29, 1.82) is 0 Å². The minimum Gasteiger partial charge on any atom is -0.359 e. The van der Waals surface area contributed by atoms with Crippen molar-refractivity contribution < 1.29 is 0 Å². The van der Waals surface area contributed by atoms with Gasteiger partial charge in [-0.1, -0.05) is 145 Å². The van der Waals surface area contributed by atoms with E-state index in [1.807, 2.05) is 11.8 Å². The minimum absolute atomic E-state index is 0.0411. The van der Waals surface area contributed by atoms with E-state index in [4.69, 9.17) is 0 Å². The Hall–Kier alpha value is -7.47. The molecular formula is C56H36N4S. The summed E-state index contributed by atoms with van der Waals surface area (Å²) in [5.41, 5.74) is 16.8.